The van der Waals surface area contributed by atoms with Crippen molar-refractivity contribution in [2.75, 3.05) is 7.11 Å². The highest BCUT2D eigenvalue weighted by Crippen LogP contribution is 2.59. The minimum absolute atomic E-state index is 0.0139. The van der Waals surface area contributed by atoms with Gasteiger partial charge < -0.3 is 14.5 Å². The molecule has 0 saturated carbocycles. The molecule has 1 aliphatic rings. The van der Waals surface area contributed by atoms with E-state index in [9.17, 15) is 26.7 Å². The maximum absolute atomic E-state index is 14.5. The summed E-state index contributed by atoms with van der Waals surface area (Å²) in [5, 5.41) is 9.22. The molecule has 0 aliphatic carbocycles. The molecule has 4 atom stereocenters. The zero-order chi connectivity index (χ0) is 25.0. The fraction of sp³-hybridized carbons (Fsp3) is 0.348. The molecule has 0 bridgehead atoms. The number of pyridine rings is 2. The smallest absolute Gasteiger partial charge is 0.417 e. The summed E-state index contributed by atoms with van der Waals surface area (Å²) in [6.07, 6.45) is -5.04. The fourth-order valence-corrected chi connectivity index (χ4v) is 4.46. The second-order valence-corrected chi connectivity index (χ2v) is 8.26. The summed E-state index contributed by atoms with van der Waals surface area (Å²) in [7, 11) is 1.08. The first-order chi connectivity index (χ1) is 15.9. The van der Waals surface area contributed by atoms with Crippen LogP contribution in [0.1, 0.15) is 42.8 Å². The van der Waals surface area contributed by atoms with E-state index < -0.39 is 52.5 Å². The molecule has 3 aromatic rings. The standard InChI is InChI=1S/C23H18F5N3O3/c1-10-18(12-4-5-14(24)19(25)20(12)33-3)21(34-22(10,2)23(26,27)28)16-7-17(32)13-9-30-11(8-29)6-15(13)31-16/h4-7,9-10,18,21H,1-3H3,(H,31,32)/t10-,18-,21-,22+/m0/s1. The van der Waals surface area contributed by atoms with Gasteiger partial charge >= 0.3 is 6.18 Å². The van der Waals surface area contributed by atoms with Crippen LogP contribution in [0.3, 0.4) is 0 Å². The predicted octanol–water partition coefficient (Wildman–Crippen LogP) is 4.89. The number of hydrogen-bond acceptors (Lipinski definition) is 5. The molecule has 1 saturated heterocycles. The highest BCUT2D eigenvalue weighted by atomic mass is 19.4. The number of H-pyrrole nitrogens is 1. The molecule has 6 nitrogen and oxygen atoms in total. The van der Waals surface area contributed by atoms with E-state index in [-0.39, 0.29) is 27.9 Å². The quantitative estimate of drug-likeness (QED) is 0.541. The maximum Gasteiger partial charge on any atom is 0.417 e. The molecule has 0 spiro atoms. The third-order valence-corrected chi connectivity index (χ3v) is 6.47. The zero-order valence-electron chi connectivity index (χ0n) is 18.1. The van der Waals surface area contributed by atoms with Gasteiger partial charge in [0.05, 0.1) is 18.0 Å². The van der Waals surface area contributed by atoms with Gasteiger partial charge in [-0.3, -0.25) is 4.79 Å². The second-order valence-electron chi connectivity index (χ2n) is 8.26. The van der Waals surface area contributed by atoms with Crippen LogP contribution < -0.4 is 10.2 Å². The molecule has 1 aliphatic heterocycles. The van der Waals surface area contributed by atoms with Crippen LogP contribution in [0.2, 0.25) is 0 Å². The third-order valence-electron chi connectivity index (χ3n) is 6.47. The number of benzene rings is 1. The Morgan fingerprint density at radius 2 is 1.97 bits per heavy atom. The summed E-state index contributed by atoms with van der Waals surface area (Å²) in [6.45, 7) is 2.16. The highest BCUT2D eigenvalue weighted by molar-refractivity contribution is 5.78. The molecule has 34 heavy (non-hydrogen) atoms. The molecule has 4 rings (SSSR count). The van der Waals surface area contributed by atoms with Gasteiger partial charge in [0.2, 0.25) is 5.82 Å². The van der Waals surface area contributed by atoms with Gasteiger partial charge in [-0.2, -0.15) is 22.8 Å². The van der Waals surface area contributed by atoms with Crippen molar-refractivity contribution < 1.29 is 31.4 Å². The molecule has 1 aromatic carbocycles. The van der Waals surface area contributed by atoms with Crippen LogP contribution >= 0.6 is 0 Å². The zero-order valence-corrected chi connectivity index (χ0v) is 18.1. The Hall–Kier alpha value is -3.52. The van der Waals surface area contributed by atoms with E-state index in [0.29, 0.717) is 0 Å². The molecule has 0 unspecified atom stereocenters. The van der Waals surface area contributed by atoms with Crippen molar-refractivity contribution in [1.82, 2.24) is 9.97 Å². The van der Waals surface area contributed by atoms with Crippen molar-refractivity contribution in [2.45, 2.75) is 37.6 Å². The van der Waals surface area contributed by atoms with Crippen molar-refractivity contribution in [3.05, 3.63) is 69.3 Å². The number of nitrogens with zero attached hydrogens (tertiary/aromatic N) is 2. The van der Waals surface area contributed by atoms with Gasteiger partial charge in [0, 0.05) is 35.4 Å². The average molecular weight is 479 g/mol. The van der Waals surface area contributed by atoms with Crippen molar-refractivity contribution in [1.29, 1.82) is 5.26 Å². The van der Waals surface area contributed by atoms with Crippen molar-refractivity contribution in [2.24, 2.45) is 5.92 Å². The van der Waals surface area contributed by atoms with Gasteiger partial charge in [-0.1, -0.05) is 13.0 Å². The average Bonchev–Trinajstić information content (AvgIpc) is 3.07. The normalized spacial score (nSPS) is 24.9. The van der Waals surface area contributed by atoms with Crippen molar-refractivity contribution in [3.8, 4) is 11.8 Å². The summed E-state index contributed by atoms with van der Waals surface area (Å²) in [5.74, 6) is -5.58. The van der Waals surface area contributed by atoms with Crippen molar-refractivity contribution in [3.63, 3.8) is 0 Å². The van der Waals surface area contributed by atoms with Gasteiger partial charge in [-0.25, -0.2) is 9.37 Å². The van der Waals surface area contributed by atoms with Crippen LogP contribution in [-0.2, 0) is 4.74 Å². The SMILES string of the molecule is COc1c([C@H]2[C@H](c3cc(=O)c4cnc(C#N)cc4[nH]3)O[C@@](C)(C(F)(F)F)[C@H]2C)ccc(F)c1F. The number of rotatable bonds is 3. The monoisotopic (exact) mass is 479 g/mol. The van der Waals surface area contributed by atoms with Gasteiger partial charge in [-0.05, 0) is 19.1 Å². The number of aromatic amines is 1. The maximum atomic E-state index is 14.5. The first kappa shape index (κ1) is 23.6. The lowest BCUT2D eigenvalue weighted by atomic mass is 9.76. The number of methoxy groups -OCH3 is 1. The predicted molar refractivity (Wildman–Crippen MR) is 110 cm³/mol. The van der Waals surface area contributed by atoms with E-state index >= 15 is 0 Å². The summed E-state index contributed by atoms with van der Waals surface area (Å²) >= 11 is 0. The first-order valence-corrected chi connectivity index (χ1v) is 10.1. The van der Waals surface area contributed by atoms with Gasteiger partial charge in [0.1, 0.15) is 17.9 Å². The number of alkyl halides is 3. The summed E-state index contributed by atoms with van der Waals surface area (Å²) in [4.78, 5) is 19.4. The van der Waals surface area contributed by atoms with Crippen LogP contribution in [0.4, 0.5) is 22.0 Å². The Morgan fingerprint density at radius 3 is 2.59 bits per heavy atom. The molecular formula is C23H18F5N3O3. The van der Waals surface area contributed by atoms with Crippen LogP contribution in [-0.4, -0.2) is 28.9 Å². The lowest BCUT2D eigenvalue weighted by Crippen LogP contribution is -2.46. The van der Waals surface area contributed by atoms with Gasteiger partial charge in [0.25, 0.3) is 0 Å². The van der Waals surface area contributed by atoms with Crippen LogP contribution in [0.25, 0.3) is 10.9 Å². The molecule has 1 fully saturated rings. The topological polar surface area (TPSA) is 88.0 Å². The number of aromatic nitrogens is 2. The van der Waals surface area contributed by atoms with Crippen LogP contribution in [0.5, 0.6) is 5.75 Å². The van der Waals surface area contributed by atoms with Crippen molar-refractivity contribution >= 4 is 10.9 Å². The number of fused-ring (bicyclic) bond motifs is 1. The number of nitriles is 1. The van der Waals surface area contributed by atoms with E-state index in [1.54, 1.807) is 0 Å². The van der Waals surface area contributed by atoms with Gasteiger partial charge in [-0.15, -0.1) is 0 Å². The number of halogens is 5. The third kappa shape index (κ3) is 3.49. The Balaban J connectivity index is 1.97. The van der Waals surface area contributed by atoms with E-state index in [4.69, 9.17) is 14.7 Å². The number of hydrogen-bond donors (Lipinski definition) is 1. The molecule has 178 valence electrons. The van der Waals surface area contributed by atoms with E-state index in [1.165, 1.54) is 19.2 Å². The molecule has 1 N–H and O–H groups in total. The highest BCUT2D eigenvalue weighted by Gasteiger charge is 2.65. The number of ether oxygens (including phenoxy) is 2. The Morgan fingerprint density at radius 1 is 1.26 bits per heavy atom. The lowest BCUT2D eigenvalue weighted by Gasteiger charge is -2.32. The van der Waals surface area contributed by atoms with Crippen LogP contribution in [0.15, 0.2) is 35.3 Å². The minimum Gasteiger partial charge on any atom is -0.493 e. The molecular weight excluding hydrogens is 461 g/mol. The van der Waals surface area contributed by atoms with Gasteiger partial charge in [0.15, 0.2) is 22.6 Å². The lowest BCUT2D eigenvalue weighted by molar-refractivity contribution is -0.275. The molecule has 3 heterocycles. The molecule has 0 amide bonds. The second kappa shape index (κ2) is 8.06. The summed E-state index contributed by atoms with van der Waals surface area (Å²) < 4.78 is 81.3. The van der Waals surface area contributed by atoms with E-state index in [0.717, 1.165) is 32.2 Å². The van der Waals surface area contributed by atoms with E-state index in [1.807, 2.05) is 6.07 Å². The fourth-order valence-electron chi connectivity index (χ4n) is 4.46. The summed E-state index contributed by atoms with van der Waals surface area (Å²) in [6, 6.07) is 6.13. The molecule has 11 heteroatoms. The minimum atomic E-state index is -4.82. The molecule has 2 aromatic heterocycles. The molecule has 0 radical (unpaired) electrons. The Bertz CT molecular complexity index is 1380. The first-order valence-electron chi connectivity index (χ1n) is 10.1. The van der Waals surface area contributed by atoms with E-state index in [2.05, 4.69) is 9.97 Å². The largest absolute Gasteiger partial charge is 0.493 e. The Labute approximate surface area is 189 Å². The number of nitrogens with one attached hydrogen (secondary N) is 1. The van der Waals surface area contributed by atoms with Crippen LogP contribution in [0, 0.1) is 28.9 Å². The summed E-state index contributed by atoms with van der Waals surface area (Å²) in [5.41, 5.74) is -3.15. The Kier molecular flexibility index (Phi) is 5.60.